The second-order valence-electron chi connectivity index (χ2n) is 5.05. The standard InChI is InChI=1S/C12H19N3O3S/c1-12(18-2)4-3-5-15(7-12)11-14-8(6-19-11)9(13)10(16)17/h6,9H,3-5,7,13H2,1-2H3,(H,16,17). The molecule has 0 spiro atoms. The molecule has 1 aromatic heterocycles. The molecule has 0 amide bonds. The molecule has 1 aromatic rings. The van der Waals surface area contributed by atoms with Gasteiger partial charge in [0.15, 0.2) is 5.13 Å². The van der Waals surface area contributed by atoms with E-state index >= 15 is 0 Å². The first kappa shape index (κ1) is 14.2. The number of aliphatic carboxylic acids is 1. The van der Waals surface area contributed by atoms with Gasteiger partial charge in [0.25, 0.3) is 0 Å². The Morgan fingerprint density at radius 2 is 2.47 bits per heavy atom. The van der Waals surface area contributed by atoms with E-state index in [1.807, 2.05) is 0 Å². The number of piperidine rings is 1. The summed E-state index contributed by atoms with van der Waals surface area (Å²) in [5.41, 5.74) is 5.81. The average Bonchev–Trinajstić information content (AvgIpc) is 2.87. The Morgan fingerprint density at radius 3 is 3.11 bits per heavy atom. The average molecular weight is 285 g/mol. The first-order valence-corrected chi connectivity index (χ1v) is 7.07. The second-order valence-corrected chi connectivity index (χ2v) is 5.89. The Hall–Kier alpha value is -1.18. The number of aromatic nitrogens is 1. The molecule has 1 saturated heterocycles. The number of anilines is 1. The number of thiazole rings is 1. The molecular weight excluding hydrogens is 266 g/mol. The van der Waals surface area contributed by atoms with Gasteiger partial charge in [-0.25, -0.2) is 4.98 Å². The zero-order valence-electron chi connectivity index (χ0n) is 11.1. The second kappa shape index (κ2) is 5.44. The maximum Gasteiger partial charge on any atom is 0.326 e. The lowest BCUT2D eigenvalue weighted by Gasteiger charge is -2.39. The van der Waals surface area contributed by atoms with E-state index in [9.17, 15) is 4.79 Å². The van der Waals surface area contributed by atoms with Crippen molar-refractivity contribution in [1.29, 1.82) is 0 Å². The maximum atomic E-state index is 10.8. The normalized spacial score (nSPS) is 25.3. The predicted molar refractivity (Wildman–Crippen MR) is 73.5 cm³/mol. The molecular formula is C12H19N3O3S. The minimum Gasteiger partial charge on any atom is -0.480 e. The van der Waals surface area contributed by atoms with Crippen molar-refractivity contribution in [2.75, 3.05) is 25.1 Å². The summed E-state index contributed by atoms with van der Waals surface area (Å²) in [6.07, 6.45) is 2.05. The van der Waals surface area contributed by atoms with Gasteiger partial charge < -0.3 is 20.5 Å². The number of carboxylic acid groups (broad SMARTS) is 1. The molecule has 0 saturated carbocycles. The fourth-order valence-electron chi connectivity index (χ4n) is 2.23. The third-order valence-electron chi connectivity index (χ3n) is 3.52. The van der Waals surface area contributed by atoms with E-state index < -0.39 is 12.0 Å². The number of carboxylic acids is 1. The van der Waals surface area contributed by atoms with Gasteiger partial charge in [-0.1, -0.05) is 0 Å². The highest BCUT2D eigenvalue weighted by Gasteiger charge is 2.32. The van der Waals surface area contributed by atoms with Crippen LogP contribution in [0.2, 0.25) is 0 Å². The minimum absolute atomic E-state index is 0.168. The monoisotopic (exact) mass is 285 g/mol. The quantitative estimate of drug-likeness (QED) is 0.865. The number of hydrogen-bond donors (Lipinski definition) is 2. The summed E-state index contributed by atoms with van der Waals surface area (Å²) in [6.45, 7) is 3.75. The Labute approximate surface area is 116 Å². The van der Waals surface area contributed by atoms with Crippen molar-refractivity contribution in [3.63, 3.8) is 0 Å². The number of ether oxygens (including phenoxy) is 1. The molecule has 0 radical (unpaired) electrons. The fourth-order valence-corrected chi connectivity index (χ4v) is 3.11. The summed E-state index contributed by atoms with van der Waals surface area (Å²) < 4.78 is 5.54. The van der Waals surface area contributed by atoms with Crippen LogP contribution in [0.5, 0.6) is 0 Å². The van der Waals surface area contributed by atoms with E-state index in [4.69, 9.17) is 15.6 Å². The maximum absolute atomic E-state index is 10.8. The lowest BCUT2D eigenvalue weighted by atomic mass is 9.95. The number of rotatable bonds is 4. The van der Waals surface area contributed by atoms with Crippen molar-refractivity contribution < 1.29 is 14.6 Å². The van der Waals surface area contributed by atoms with Gasteiger partial charge >= 0.3 is 5.97 Å². The molecule has 3 N–H and O–H groups in total. The number of methoxy groups -OCH3 is 1. The number of carbonyl (C=O) groups is 1. The van der Waals surface area contributed by atoms with Crippen LogP contribution in [0.1, 0.15) is 31.5 Å². The van der Waals surface area contributed by atoms with Crippen LogP contribution in [0.25, 0.3) is 0 Å². The van der Waals surface area contributed by atoms with Crippen LogP contribution in [0.4, 0.5) is 5.13 Å². The van der Waals surface area contributed by atoms with E-state index in [0.717, 1.165) is 31.1 Å². The van der Waals surface area contributed by atoms with E-state index in [1.165, 1.54) is 11.3 Å². The van der Waals surface area contributed by atoms with E-state index in [1.54, 1.807) is 12.5 Å². The number of nitrogens with zero attached hydrogens (tertiary/aromatic N) is 2. The summed E-state index contributed by atoms with van der Waals surface area (Å²) in [5, 5.41) is 11.4. The molecule has 1 fully saturated rings. The van der Waals surface area contributed by atoms with Gasteiger partial charge in [0.05, 0.1) is 11.3 Å². The van der Waals surface area contributed by atoms with E-state index in [2.05, 4.69) is 16.8 Å². The van der Waals surface area contributed by atoms with Gasteiger partial charge in [0.1, 0.15) is 6.04 Å². The molecule has 2 unspecified atom stereocenters. The fraction of sp³-hybridized carbons (Fsp3) is 0.667. The molecule has 1 aliphatic rings. The molecule has 6 nitrogen and oxygen atoms in total. The Kier molecular flexibility index (Phi) is 4.07. The van der Waals surface area contributed by atoms with Crippen LogP contribution < -0.4 is 10.6 Å². The zero-order valence-corrected chi connectivity index (χ0v) is 11.9. The highest BCUT2D eigenvalue weighted by Crippen LogP contribution is 2.30. The predicted octanol–water partition coefficient (Wildman–Crippen LogP) is 1.23. The molecule has 19 heavy (non-hydrogen) atoms. The smallest absolute Gasteiger partial charge is 0.326 e. The van der Waals surface area contributed by atoms with Gasteiger partial charge in [-0.3, -0.25) is 4.79 Å². The molecule has 2 rings (SSSR count). The van der Waals surface area contributed by atoms with Gasteiger partial charge in [-0.05, 0) is 19.8 Å². The largest absolute Gasteiger partial charge is 0.480 e. The Bertz CT molecular complexity index is 465. The minimum atomic E-state index is -1.06. The molecule has 2 atom stereocenters. The van der Waals surface area contributed by atoms with Crippen molar-refractivity contribution in [3.8, 4) is 0 Å². The van der Waals surface area contributed by atoms with Gasteiger partial charge in [0, 0.05) is 25.6 Å². The molecule has 7 heteroatoms. The third-order valence-corrected chi connectivity index (χ3v) is 4.44. The molecule has 106 valence electrons. The highest BCUT2D eigenvalue weighted by atomic mass is 32.1. The van der Waals surface area contributed by atoms with Crippen LogP contribution >= 0.6 is 11.3 Å². The third kappa shape index (κ3) is 3.05. The van der Waals surface area contributed by atoms with Gasteiger partial charge in [-0.2, -0.15) is 0 Å². The number of hydrogen-bond acceptors (Lipinski definition) is 6. The Morgan fingerprint density at radius 1 is 1.74 bits per heavy atom. The molecule has 2 heterocycles. The summed E-state index contributed by atoms with van der Waals surface area (Å²) in [7, 11) is 1.72. The zero-order chi connectivity index (χ0) is 14.0. The van der Waals surface area contributed by atoms with Crippen LogP contribution in [-0.4, -0.2) is 41.9 Å². The summed E-state index contributed by atoms with van der Waals surface area (Å²) in [6, 6.07) is -1.05. The number of nitrogens with two attached hydrogens (primary N) is 1. The van der Waals surface area contributed by atoms with Crippen molar-refractivity contribution in [2.24, 2.45) is 5.73 Å². The van der Waals surface area contributed by atoms with Crippen molar-refractivity contribution in [3.05, 3.63) is 11.1 Å². The first-order valence-electron chi connectivity index (χ1n) is 6.19. The molecule has 0 bridgehead atoms. The van der Waals surface area contributed by atoms with Crippen LogP contribution in [-0.2, 0) is 9.53 Å². The molecule has 0 aromatic carbocycles. The van der Waals surface area contributed by atoms with Crippen LogP contribution in [0.15, 0.2) is 5.38 Å². The van der Waals surface area contributed by atoms with E-state index in [-0.39, 0.29) is 5.60 Å². The van der Waals surface area contributed by atoms with Gasteiger partial charge in [-0.15, -0.1) is 11.3 Å². The van der Waals surface area contributed by atoms with Crippen molar-refractivity contribution >= 4 is 22.4 Å². The summed E-state index contributed by atoms with van der Waals surface area (Å²) in [4.78, 5) is 17.3. The topological polar surface area (TPSA) is 88.7 Å². The lowest BCUT2D eigenvalue weighted by Crippen LogP contribution is -2.47. The highest BCUT2D eigenvalue weighted by molar-refractivity contribution is 7.13. The summed E-state index contributed by atoms with van der Waals surface area (Å²) >= 11 is 1.43. The van der Waals surface area contributed by atoms with Crippen LogP contribution in [0, 0.1) is 0 Å². The Balaban J connectivity index is 2.12. The van der Waals surface area contributed by atoms with E-state index in [0.29, 0.717) is 5.69 Å². The molecule has 0 aliphatic carbocycles. The summed E-state index contributed by atoms with van der Waals surface area (Å²) in [5.74, 6) is -1.06. The first-order chi connectivity index (χ1) is 8.95. The van der Waals surface area contributed by atoms with Crippen molar-refractivity contribution in [1.82, 2.24) is 4.98 Å². The lowest BCUT2D eigenvalue weighted by molar-refractivity contribution is -0.138. The van der Waals surface area contributed by atoms with Crippen LogP contribution in [0.3, 0.4) is 0 Å². The molecule has 1 aliphatic heterocycles. The van der Waals surface area contributed by atoms with Gasteiger partial charge in [0.2, 0.25) is 0 Å². The SMILES string of the molecule is COC1(C)CCCN(c2nc(C(N)C(=O)O)cs2)C1. The van der Waals surface area contributed by atoms with Crippen molar-refractivity contribution in [2.45, 2.75) is 31.4 Å².